The maximum absolute atomic E-state index is 12.7. The molecule has 4 fully saturated rings. The van der Waals surface area contributed by atoms with E-state index in [2.05, 4.69) is 10.4 Å². The van der Waals surface area contributed by atoms with Crippen LogP contribution in [0.4, 0.5) is 5.69 Å². The molecule has 4 aliphatic carbocycles. The van der Waals surface area contributed by atoms with Gasteiger partial charge in [-0.3, -0.25) is 19.6 Å². The number of nitrogens with one attached hydrogen (secondary N) is 1. The molecular formula is C20H26N4O5. The number of allylic oxidation sites excluding steroid dienone is 1. The first-order valence-electron chi connectivity index (χ1n) is 10.2. The normalized spacial score (nSPS) is 30.3. The van der Waals surface area contributed by atoms with E-state index < -0.39 is 16.8 Å². The van der Waals surface area contributed by atoms with Gasteiger partial charge in [0, 0.05) is 11.8 Å². The average Bonchev–Trinajstić information content (AvgIpc) is 3.07. The fraction of sp³-hybridized carbons (Fsp3) is 0.650. The Labute approximate surface area is 168 Å². The molecule has 0 saturated heterocycles. The van der Waals surface area contributed by atoms with Crippen molar-refractivity contribution in [3.63, 3.8) is 0 Å². The number of carbonyl (C=O) groups excluding carboxylic acids is 2. The molecule has 1 amide bonds. The zero-order valence-electron chi connectivity index (χ0n) is 16.7. The standard InChI is InChI=1S/C20H26N4O5/c1-3-29-17(25)4-12(2)21-19(26)18-16(24(27)28)11-23(22-18)20-8-13-5-14(9-20)7-15(6-13)10-20/h4,11,13-15H,3,5-10H2,1-2H3,(H,21,26)/b12-4+. The zero-order chi connectivity index (χ0) is 20.8. The van der Waals surface area contributed by atoms with E-state index in [1.54, 1.807) is 11.6 Å². The van der Waals surface area contributed by atoms with Crippen LogP contribution in [-0.4, -0.2) is 33.2 Å². The number of rotatable bonds is 6. The summed E-state index contributed by atoms with van der Waals surface area (Å²) >= 11 is 0. The molecule has 9 heteroatoms. The van der Waals surface area contributed by atoms with E-state index in [1.165, 1.54) is 32.4 Å². The molecule has 4 saturated carbocycles. The van der Waals surface area contributed by atoms with Crippen LogP contribution in [0.2, 0.25) is 0 Å². The van der Waals surface area contributed by atoms with Crippen LogP contribution in [0, 0.1) is 27.9 Å². The number of nitrogens with zero attached hydrogens (tertiary/aromatic N) is 3. The minimum Gasteiger partial charge on any atom is -0.463 e. The van der Waals surface area contributed by atoms with E-state index in [9.17, 15) is 19.7 Å². The van der Waals surface area contributed by atoms with Crippen molar-refractivity contribution in [2.24, 2.45) is 17.8 Å². The Kier molecular flexibility index (Phi) is 4.92. The number of hydrogen-bond donors (Lipinski definition) is 1. The Morgan fingerprint density at radius 3 is 2.41 bits per heavy atom. The molecule has 1 aromatic rings. The van der Waals surface area contributed by atoms with E-state index >= 15 is 0 Å². The first-order chi connectivity index (χ1) is 13.8. The highest BCUT2D eigenvalue weighted by Crippen LogP contribution is 2.58. The smallest absolute Gasteiger partial charge is 0.332 e. The molecule has 5 rings (SSSR count). The highest BCUT2D eigenvalue weighted by Gasteiger charge is 2.53. The highest BCUT2D eigenvalue weighted by atomic mass is 16.6. The van der Waals surface area contributed by atoms with Crippen molar-refractivity contribution in [3.05, 3.63) is 33.8 Å². The molecule has 29 heavy (non-hydrogen) atoms. The van der Waals surface area contributed by atoms with Crippen LogP contribution in [0.5, 0.6) is 0 Å². The van der Waals surface area contributed by atoms with Crippen LogP contribution in [0.15, 0.2) is 18.0 Å². The van der Waals surface area contributed by atoms with Gasteiger partial charge in [0.2, 0.25) is 5.69 Å². The largest absolute Gasteiger partial charge is 0.463 e. The van der Waals surface area contributed by atoms with Gasteiger partial charge in [0.1, 0.15) is 6.20 Å². The molecule has 0 atom stereocenters. The van der Waals surface area contributed by atoms with E-state index in [0.29, 0.717) is 17.8 Å². The predicted octanol–water partition coefficient (Wildman–Crippen LogP) is 2.91. The summed E-state index contributed by atoms with van der Waals surface area (Å²) in [5.41, 5.74) is -0.495. The third-order valence-corrected chi connectivity index (χ3v) is 6.53. The van der Waals surface area contributed by atoms with Crippen LogP contribution in [0.3, 0.4) is 0 Å². The van der Waals surface area contributed by atoms with E-state index in [1.807, 2.05) is 0 Å². The fourth-order valence-electron chi connectivity index (χ4n) is 5.88. The summed E-state index contributed by atoms with van der Waals surface area (Å²) in [7, 11) is 0. The average molecular weight is 402 g/mol. The van der Waals surface area contributed by atoms with Crippen LogP contribution in [0.25, 0.3) is 0 Å². The minimum absolute atomic E-state index is 0.214. The fourth-order valence-corrected chi connectivity index (χ4v) is 5.88. The molecule has 0 aromatic carbocycles. The Hall–Kier alpha value is -2.71. The summed E-state index contributed by atoms with van der Waals surface area (Å²) in [5.74, 6) is 0.668. The van der Waals surface area contributed by atoms with Gasteiger partial charge in [0.05, 0.1) is 17.1 Å². The number of nitro groups is 1. The van der Waals surface area contributed by atoms with Gasteiger partial charge in [0.25, 0.3) is 5.91 Å². The molecule has 0 aliphatic heterocycles. The lowest BCUT2D eigenvalue weighted by Gasteiger charge is -2.56. The molecule has 156 valence electrons. The lowest BCUT2D eigenvalue weighted by molar-refractivity contribution is -0.385. The zero-order valence-corrected chi connectivity index (χ0v) is 16.7. The SMILES string of the molecule is CCOC(=O)/C=C(\C)NC(=O)c1nn(C23CC4CC(CC(C4)C2)C3)cc1[N+](=O)[O-]. The van der Waals surface area contributed by atoms with Crippen LogP contribution < -0.4 is 5.32 Å². The van der Waals surface area contributed by atoms with Gasteiger partial charge >= 0.3 is 11.7 Å². The quantitative estimate of drug-likeness (QED) is 0.338. The van der Waals surface area contributed by atoms with Gasteiger partial charge in [-0.1, -0.05) is 0 Å². The number of esters is 1. The number of carbonyl (C=O) groups is 2. The molecule has 1 aromatic heterocycles. The molecular weight excluding hydrogens is 376 g/mol. The lowest BCUT2D eigenvalue weighted by atomic mass is 9.53. The Morgan fingerprint density at radius 2 is 1.90 bits per heavy atom. The molecule has 0 radical (unpaired) electrons. The van der Waals surface area contributed by atoms with Gasteiger partial charge in [-0.05, 0) is 70.1 Å². The predicted molar refractivity (Wildman–Crippen MR) is 103 cm³/mol. The molecule has 1 N–H and O–H groups in total. The molecule has 4 aliphatic rings. The third kappa shape index (κ3) is 3.65. The molecule has 1 heterocycles. The van der Waals surface area contributed by atoms with E-state index in [-0.39, 0.29) is 29.2 Å². The summed E-state index contributed by atoms with van der Waals surface area (Å²) in [5, 5.41) is 18.5. The molecule has 0 unspecified atom stereocenters. The molecule has 9 nitrogen and oxygen atoms in total. The van der Waals surface area contributed by atoms with Crippen LogP contribution in [-0.2, 0) is 15.1 Å². The lowest BCUT2D eigenvalue weighted by Crippen LogP contribution is -2.52. The van der Waals surface area contributed by atoms with Crippen LogP contribution in [0.1, 0.15) is 62.9 Å². The monoisotopic (exact) mass is 402 g/mol. The Balaban J connectivity index is 1.60. The van der Waals surface area contributed by atoms with Crippen molar-refractivity contribution in [3.8, 4) is 0 Å². The summed E-state index contributed by atoms with van der Waals surface area (Å²) in [6, 6.07) is 0. The van der Waals surface area contributed by atoms with Crippen molar-refractivity contribution in [1.82, 2.24) is 15.1 Å². The summed E-state index contributed by atoms with van der Waals surface area (Å²) in [6.07, 6.45) is 9.22. The van der Waals surface area contributed by atoms with Crippen LogP contribution >= 0.6 is 0 Å². The minimum atomic E-state index is -0.696. The topological polar surface area (TPSA) is 116 Å². The van der Waals surface area contributed by atoms with Gasteiger partial charge in [-0.25, -0.2) is 4.79 Å². The van der Waals surface area contributed by atoms with Crippen molar-refractivity contribution in [2.75, 3.05) is 6.61 Å². The molecule has 4 bridgehead atoms. The number of ether oxygens (including phenoxy) is 1. The summed E-state index contributed by atoms with van der Waals surface area (Å²) < 4.78 is 6.51. The Bertz CT molecular complexity index is 852. The second kappa shape index (κ2) is 7.27. The van der Waals surface area contributed by atoms with Crippen molar-refractivity contribution >= 4 is 17.6 Å². The third-order valence-electron chi connectivity index (χ3n) is 6.53. The summed E-state index contributed by atoms with van der Waals surface area (Å²) in [4.78, 5) is 35.2. The second-order valence-electron chi connectivity index (χ2n) is 8.74. The maximum Gasteiger partial charge on any atom is 0.332 e. The van der Waals surface area contributed by atoms with Crippen molar-refractivity contribution < 1.29 is 19.2 Å². The summed E-state index contributed by atoms with van der Waals surface area (Å²) in [6.45, 7) is 3.42. The van der Waals surface area contributed by atoms with E-state index in [4.69, 9.17) is 4.74 Å². The maximum atomic E-state index is 12.7. The second-order valence-corrected chi connectivity index (χ2v) is 8.74. The van der Waals surface area contributed by atoms with Gasteiger partial charge in [0.15, 0.2) is 0 Å². The number of amides is 1. The van der Waals surface area contributed by atoms with Gasteiger partial charge in [-0.15, -0.1) is 0 Å². The number of hydrogen-bond acceptors (Lipinski definition) is 6. The van der Waals surface area contributed by atoms with Gasteiger partial charge < -0.3 is 10.1 Å². The highest BCUT2D eigenvalue weighted by molar-refractivity contribution is 5.97. The van der Waals surface area contributed by atoms with Crippen molar-refractivity contribution in [1.29, 1.82) is 0 Å². The van der Waals surface area contributed by atoms with Crippen molar-refractivity contribution in [2.45, 2.75) is 57.9 Å². The van der Waals surface area contributed by atoms with E-state index in [0.717, 1.165) is 25.3 Å². The first-order valence-corrected chi connectivity index (χ1v) is 10.2. The first kappa shape index (κ1) is 19.6. The number of aromatic nitrogens is 2. The Morgan fingerprint density at radius 1 is 1.31 bits per heavy atom. The molecule has 0 spiro atoms. The van der Waals surface area contributed by atoms with Gasteiger partial charge in [-0.2, -0.15) is 5.10 Å².